The molecule has 0 radical (unpaired) electrons. The van der Waals surface area contributed by atoms with Gasteiger partial charge in [-0.3, -0.25) is 4.84 Å². The standard InChI is InChI=1S/C9H9ClN4O/c10-7-1-3-8(4-2-7)14-9(6-15-11)5-12-13-14/h1-5H,6,11H2. The number of hydrogen-bond acceptors (Lipinski definition) is 4. The number of benzene rings is 1. The molecule has 0 saturated heterocycles. The fourth-order valence-corrected chi connectivity index (χ4v) is 1.37. The molecule has 0 aliphatic rings. The first-order valence-electron chi connectivity index (χ1n) is 4.28. The van der Waals surface area contributed by atoms with Gasteiger partial charge in [-0.2, -0.15) is 0 Å². The molecule has 0 atom stereocenters. The quantitative estimate of drug-likeness (QED) is 0.799. The van der Waals surface area contributed by atoms with Crippen LogP contribution < -0.4 is 5.90 Å². The van der Waals surface area contributed by atoms with Gasteiger partial charge in [0.2, 0.25) is 0 Å². The van der Waals surface area contributed by atoms with E-state index in [2.05, 4.69) is 15.1 Å². The van der Waals surface area contributed by atoms with E-state index in [1.807, 2.05) is 12.1 Å². The van der Waals surface area contributed by atoms with E-state index in [1.54, 1.807) is 23.0 Å². The molecule has 2 N–H and O–H groups in total. The van der Waals surface area contributed by atoms with Crippen molar-refractivity contribution < 1.29 is 4.84 Å². The molecule has 15 heavy (non-hydrogen) atoms. The number of hydrogen-bond donors (Lipinski definition) is 1. The van der Waals surface area contributed by atoms with Gasteiger partial charge in [0.1, 0.15) is 6.61 Å². The summed E-state index contributed by atoms with van der Waals surface area (Å²) in [7, 11) is 0. The highest BCUT2D eigenvalue weighted by atomic mass is 35.5. The van der Waals surface area contributed by atoms with Gasteiger partial charge in [-0.15, -0.1) is 5.10 Å². The van der Waals surface area contributed by atoms with Crippen LogP contribution in [0.4, 0.5) is 0 Å². The molecule has 5 nitrogen and oxygen atoms in total. The lowest BCUT2D eigenvalue weighted by molar-refractivity contribution is 0.119. The van der Waals surface area contributed by atoms with Crippen molar-refractivity contribution in [3.05, 3.63) is 41.2 Å². The molecule has 0 aliphatic heterocycles. The second-order valence-corrected chi connectivity index (χ2v) is 3.36. The maximum Gasteiger partial charge on any atom is 0.112 e. The first-order valence-corrected chi connectivity index (χ1v) is 4.66. The molecule has 0 aliphatic carbocycles. The Morgan fingerprint density at radius 1 is 1.33 bits per heavy atom. The van der Waals surface area contributed by atoms with E-state index in [1.165, 1.54) is 0 Å². The second-order valence-electron chi connectivity index (χ2n) is 2.92. The molecule has 1 aromatic carbocycles. The van der Waals surface area contributed by atoms with Crippen LogP contribution in [0.2, 0.25) is 5.02 Å². The van der Waals surface area contributed by atoms with Crippen LogP contribution in [-0.4, -0.2) is 15.0 Å². The summed E-state index contributed by atoms with van der Waals surface area (Å²) in [4.78, 5) is 4.55. The van der Waals surface area contributed by atoms with Crippen LogP contribution >= 0.6 is 11.6 Å². The van der Waals surface area contributed by atoms with Crippen LogP contribution in [-0.2, 0) is 11.4 Å². The molecule has 1 aromatic heterocycles. The Morgan fingerprint density at radius 2 is 2.07 bits per heavy atom. The number of nitrogens with zero attached hydrogens (tertiary/aromatic N) is 3. The molecular weight excluding hydrogens is 216 g/mol. The average molecular weight is 225 g/mol. The number of nitrogens with two attached hydrogens (primary N) is 1. The monoisotopic (exact) mass is 224 g/mol. The first kappa shape index (κ1) is 10.1. The van der Waals surface area contributed by atoms with Crippen molar-refractivity contribution >= 4 is 11.6 Å². The third-order valence-corrected chi connectivity index (χ3v) is 2.17. The normalized spacial score (nSPS) is 10.5. The van der Waals surface area contributed by atoms with Crippen molar-refractivity contribution in [3.63, 3.8) is 0 Å². The number of halogens is 1. The number of aromatic nitrogens is 3. The molecular formula is C9H9ClN4O. The summed E-state index contributed by atoms with van der Waals surface area (Å²) >= 11 is 5.78. The van der Waals surface area contributed by atoms with Gasteiger partial charge in [-0.1, -0.05) is 16.8 Å². The molecule has 0 bridgehead atoms. The van der Waals surface area contributed by atoms with Crippen LogP contribution in [0, 0.1) is 0 Å². The van der Waals surface area contributed by atoms with E-state index in [0.29, 0.717) is 5.02 Å². The predicted molar refractivity (Wildman–Crippen MR) is 55.3 cm³/mol. The molecule has 2 aromatic rings. The molecule has 0 saturated carbocycles. The van der Waals surface area contributed by atoms with E-state index in [9.17, 15) is 0 Å². The molecule has 78 valence electrons. The van der Waals surface area contributed by atoms with Crippen LogP contribution in [0.25, 0.3) is 5.69 Å². The Morgan fingerprint density at radius 3 is 2.73 bits per heavy atom. The zero-order valence-electron chi connectivity index (χ0n) is 7.80. The Labute approximate surface area is 91.4 Å². The highest BCUT2D eigenvalue weighted by molar-refractivity contribution is 6.30. The fourth-order valence-electron chi connectivity index (χ4n) is 1.24. The summed E-state index contributed by atoms with van der Waals surface area (Å²) in [6, 6.07) is 7.26. The summed E-state index contributed by atoms with van der Waals surface area (Å²) in [5, 5.41) is 8.38. The van der Waals surface area contributed by atoms with E-state index in [-0.39, 0.29) is 6.61 Å². The third-order valence-electron chi connectivity index (χ3n) is 1.92. The lowest BCUT2D eigenvalue weighted by Crippen LogP contribution is -2.06. The van der Waals surface area contributed by atoms with Crippen molar-refractivity contribution in [2.45, 2.75) is 6.61 Å². The van der Waals surface area contributed by atoms with Gasteiger partial charge < -0.3 is 0 Å². The predicted octanol–water partition coefficient (Wildman–Crippen LogP) is 1.31. The van der Waals surface area contributed by atoms with Crippen molar-refractivity contribution in [2.75, 3.05) is 0 Å². The van der Waals surface area contributed by atoms with Crippen LogP contribution in [0.5, 0.6) is 0 Å². The minimum absolute atomic E-state index is 0.260. The van der Waals surface area contributed by atoms with E-state index in [0.717, 1.165) is 11.4 Å². The van der Waals surface area contributed by atoms with Gasteiger partial charge in [0.15, 0.2) is 0 Å². The number of rotatable bonds is 3. The maximum absolute atomic E-state index is 5.78. The van der Waals surface area contributed by atoms with Gasteiger partial charge in [0.05, 0.1) is 17.6 Å². The van der Waals surface area contributed by atoms with Crippen LogP contribution in [0.1, 0.15) is 5.69 Å². The summed E-state index contributed by atoms with van der Waals surface area (Å²) < 4.78 is 1.64. The average Bonchev–Trinajstić information content (AvgIpc) is 2.68. The summed E-state index contributed by atoms with van der Waals surface area (Å²) in [6.45, 7) is 0.260. The second kappa shape index (κ2) is 4.39. The minimum atomic E-state index is 0.260. The zero-order chi connectivity index (χ0) is 10.7. The van der Waals surface area contributed by atoms with Crippen molar-refractivity contribution in [3.8, 4) is 5.69 Å². The van der Waals surface area contributed by atoms with Gasteiger partial charge >= 0.3 is 0 Å². The van der Waals surface area contributed by atoms with Crippen molar-refractivity contribution in [2.24, 2.45) is 5.90 Å². The lowest BCUT2D eigenvalue weighted by Gasteiger charge is -2.04. The topological polar surface area (TPSA) is 66.0 Å². The first-order chi connectivity index (χ1) is 7.31. The molecule has 1 heterocycles. The molecule has 6 heteroatoms. The third kappa shape index (κ3) is 2.15. The fraction of sp³-hybridized carbons (Fsp3) is 0.111. The van der Waals surface area contributed by atoms with Crippen molar-refractivity contribution in [1.82, 2.24) is 15.0 Å². The largest absolute Gasteiger partial charge is 0.298 e. The van der Waals surface area contributed by atoms with Crippen LogP contribution in [0.15, 0.2) is 30.5 Å². The van der Waals surface area contributed by atoms with Gasteiger partial charge in [0, 0.05) is 5.02 Å². The lowest BCUT2D eigenvalue weighted by atomic mass is 10.3. The highest BCUT2D eigenvalue weighted by Gasteiger charge is 2.05. The van der Waals surface area contributed by atoms with E-state index >= 15 is 0 Å². The van der Waals surface area contributed by atoms with E-state index in [4.69, 9.17) is 17.5 Å². The Balaban J connectivity index is 2.36. The van der Waals surface area contributed by atoms with Gasteiger partial charge in [-0.05, 0) is 24.3 Å². The molecule has 0 unspecified atom stereocenters. The van der Waals surface area contributed by atoms with Gasteiger partial charge in [-0.25, -0.2) is 10.6 Å². The molecule has 2 rings (SSSR count). The highest BCUT2D eigenvalue weighted by Crippen LogP contribution is 2.14. The Bertz CT molecular complexity index is 440. The molecule has 0 spiro atoms. The smallest absolute Gasteiger partial charge is 0.112 e. The van der Waals surface area contributed by atoms with E-state index < -0.39 is 0 Å². The summed E-state index contributed by atoms with van der Waals surface area (Å²) in [5.74, 6) is 5.00. The summed E-state index contributed by atoms with van der Waals surface area (Å²) in [6.07, 6.45) is 1.60. The SMILES string of the molecule is NOCc1cnnn1-c1ccc(Cl)cc1. The van der Waals surface area contributed by atoms with Crippen LogP contribution in [0.3, 0.4) is 0 Å². The zero-order valence-corrected chi connectivity index (χ0v) is 8.55. The van der Waals surface area contributed by atoms with Gasteiger partial charge in [0.25, 0.3) is 0 Å². The molecule has 0 fully saturated rings. The Kier molecular flexibility index (Phi) is 2.96. The van der Waals surface area contributed by atoms with Crippen molar-refractivity contribution in [1.29, 1.82) is 0 Å². The molecule has 0 amide bonds. The summed E-state index contributed by atoms with van der Waals surface area (Å²) in [5.41, 5.74) is 1.64. The maximum atomic E-state index is 5.78. The Hall–Kier alpha value is -1.43. The minimum Gasteiger partial charge on any atom is -0.298 e.